The van der Waals surface area contributed by atoms with E-state index in [2.05, 4.69) is 20.9 Å². The minimum absolute atomic E-state index is 0.0712. The summed E-state index contributed by atoms with van der Waals surface area (Å²) < 4.78 is 0.721. The minimum atomic E-state index is -0.0712. The SMILES string of the molecule is Nc1c(Br)cncc1CO. The van der Waals surface area contributed by atoms with E-state index in [1.54, 1.807) is 12.4 Å². The molecule has 0 saturated carbocycles. The van der Waals surface area contributed by atoms with E-state index < -0.39 is 0 Å². The summed E-state index contributed by atoms with van der Waals surface area (Å²) in [5.74, 6) is 0. The molecule has 0 amide bonds. The molecule has 1 aromatic rings. The summed E-state index contributed by atoms with van der Waals surface area (Å²) in [6.45, 7) is -0.0712. The lowest BCUT2D eigenvalue weighted by atomic mass is 10.2. The summed E-state index contributed by atoms with van der Waals surface area (Å²) in [6, 6.07) is 0. The number of rotatable bonds is 1. The number of aromatic nitrogens is 1. The Kier molecular flexibility index (Phi) is 2.24. The third kappa shape index (κ3) is 1.27. The van der Waals surface area contributed by atoms with E-state index in [9.17, 15) is 0 Å². The maximum atomic E-state index is 8.70. The highest BCUT2D eigenvalue weighted by Gasteiger charge is 2.00. The van der Waals surface area contributed by atoms with Gasteiger partial charge in [-0.25, -0.2) is 0 Å². The first-order valence-electron chi connectivity index (χ1n) is 2.74. The van der Waals surface area contributed by atoms with Crippen molar-refractivity contribution in [3.05, 3.63) is 22.4 Å². The van der Waals surface area contributed by atoms with Crippen molar-refractivity contribution >= 4 is 21.6 Å². The van der Waals surface area contributed by atoms with Crippen molar-refractivity contribution in [2.24, 2.45) is 0 Å². The minimum Gasteiger partial charge on any atom is -0.397 e. The van der Waals surface area contributed by atoms with Crippen molar-refractivity contribution in [2.75, 3.05) is 5.73 Å². The summed E-state index contributed by atoms with van der Waals surface area (Å²) in [6.07, 6.45) is 3.13. The Morgan fingerprint density at radius 1 is 1.60 bits per heavy atom. The molecule has 0 atom stereocenters. The molecule has 0 bridgehead atoms. The Morgan fingerprint density at radius 3 is 2.80 bits per heavy atom. The molecule has 0 saturated heterocycles. The number of nitrogens with two attached hydrogens (primary N) is 1. The highest BCUT2D eigenvalue weighted by Crippen LogP contribution is 2.20. The number of hydrogen-bond donors (Lipinski definition) is 2. The van der Waals surface area contributed by atoms with Crippen LogP contribution in [0.2, 0.25) is 0 Å². The summed E-state index contributed by atoms with van der Waals surface area (Å²) >= 11 is 3.19. The second kappa shape index (κ2) is 2.98. The predicted molar refractivity (Wildman–Crippen MR) is 42.3 cm³/mol. The lowest BCUT2D eigenvalue weighted by Gasteiger charge is -2.01. The average molecular weight is 203 g/mol. The molecule has 0 fully saturated rings. The highest BCUT2D eigenvalue weighted by atomic mass is 79.9. The second-order valence-corrected chi connectivity index (χ2v) is 2.71. The van der Waals surface area contributed by atoms with Gasteiger partial charge in [0, 0.05) is 18.0 Å². The van der Waals surface area contributed by atoms with Crippen LogP contribution in [-0.4, -0.2) is 10.1 Å². The Balaban J connectivity index is 3.14. The molecule has 0 aliphatic heterocycles. The molecule has 0 aliphatic carbocycles. The van der Waals surface area contributed by atoms with Crippen molar-refractivity contribution in [2.45, 2.75) is 6.61 Å². The van der Waals surface area contributed by atoms with Crippen LogP contribution in [0.25, 0.3) is 0 Å². The van der Waals surface area contributed by atoms with Crippen LogP contribution in [0.5, 0.6) is 0 Å². The molecule has 3 nitrogen and oxygen atoms in total. The largest absolute Gasteiger partial charge is 0.397 e. The molecule has 4 heteroatoms. The first-order valence-corrected chi connectivity index (χ1v) is 3.53. The van der Waals surface area contributed by atoms with Gasteiger partial charge in [-0.05, 0) is 15.9 Å². The van der Waals surface area contributed by atoms with Crippen molar-refractivity contribution in [1.82, 2.24) is 4.98 Å². The predicted octanol–water partition coefficient (Wildman–Crippen LogP) is 0.919. The number of anilines is 1. The zero-order valence-corrected chi connectivity index (χ0v) is 6.80. The third-order valence-electron chi connectivity index (χ3n) is 1.19. The van der Waals surface area contributed by atoms with Crippen LogP contribution in [0.4, 0.5) is 5.69 Å². The fraction of sp³-hybridized carbons (Fsp3) is 0.167. The molecule has 0 unspecified atom stereocenters. The standard InChI is InChI=1S/C6H7BrN2O/c7-5-2-9-1-4(3-10)6(5)8/h1-2,10H,3H2,(H2,8,9). The maximum absolute atomic E-state index is 8.70. The number of halogens is 1. The summed E-state index contributed by atoms with van der Waals surface area (Å²) in [7, 11) is 0. The topological polar surface area (TPSA) is 59.1 Å². The Labute approximate surface area is 67.0 Å². The fourth-order valence-corrected chi connectivity index (χ4v) is 0.984. The van der Waals surface area contributed by atoms with Gasteiger partial charge >= 0.3 is 0 Å². The normalized spacial score (nSPS) is 9.80. The molecular formula is C6H7BrN2O. The fourth-order valence-electron chi connectivity index (χ4n) is 0.611. The lowest BCUT2D eigenvalue weighted by Crippen LogP contribution is -1.95. The summed E-state index contributed by atoms with van der Waals surface area (Å²) in [5, 5.41) is 8.70. The van der Waals surface area contributed by atoms with Crippen LogP contribution in [0.1, 0.15) is 5.56 Å². The van der Waals surface area contributed by atoms with Crippen LogP contribution in [-0.2, 0) is 6.61 Å². The molecule has 10 heavy (non-hydrogen) atoms. The molecular weight excluding hydrogens is 196 g/mol. The maximum Gasteiger partial charge on any atom is 0.0717 e. The van der Waals surface area contributed by atoms with Gasteiger partial charge in [-0.2, -0.15) is 0 Å². The van der Waals surface area contributed by atoms with Crippen molar-refractivity contribution in [3.8, 4) is 0 Å². The molecule has 0 aliphatic rings. The smallest absolute Gasteiger partial charge is 0.0717 e. The van der Waals surface area contributed by atoms with E-state index in [1.165, 1.54) is 0 Å². The van der Waals surface area contributed by atoms with Gasteiger partial charge in [0.25, 0.3) is 0 Å². The quantitative estimate of drug-likeness (QED) is 0.713. The van der Waals surface area contributed by atoms with Crippen molar-refractivity contribution in [3.63, 3.8) is 0 Å². The van der Waals surface area contributed by atoms with E-state index in [-0.39, 0.29) is 6.61 Å². The van der Waals surface area contributed by atoms with Gasteiger partial charge in [-0.15, -0.1) is 0 Å². The molecule has 1 heterocycles. The lowest BCUT2D eigenvalue weighted by molar-refractivity contribution is 0.282. The van der Waals surface area contributed by atoms with Gasteiger partial charge in [0.15, 0.2) is 0 Å². The van der Waals surface area contributed by atoms with E-state index in [1.807, 2.05) is 0 Å². The van der Waals surface area contributed by atoms with Crippen LogP contribution < -0.4 is 5.73 Å². The molecule has 0 aromatic carbocycles. The molecule has 3 N–H and O–H groups in total. The van der Waals surface area contributed by atoms with Gasteiger partial charge in [0.1, 0.15) is 0 Å². The van der Waals surface area contributed by atoms with Crippen LogP contribution in [0.15, 0.2) is 16.9 Å². The molecule has 1 rings (SSSR count). The van der Waals surface area contributed by atoms with E-state index >= 15 is 0 Å². The molecule has 54 valence electrons. The molecule has 0 spiro atoms. The zero-order chi connectivity index (χ0) is 7.56. The van der Waals surface area contributed by atoms with Gasteiger partial charge < -0.3 is 10.8 Å². The van der Waals surface area contributed by atoms with Crippen LogP contribution in [0, 0.1) is 0 Å². The van der Waals surface area contributed by atoms with Crippen LogP contribution in [0.3, 0.4) is 0 Å². The summed E-state index contributed by atoms with van der Waals surface area (Å²) in [5.41, 5.74) is 6.75. The van der Waals surface area contributed by atoms with E-state index in [0.717, 1.165) is 4.47 Å². The first kappa shape index (κ1) is 7.50. The summed E-state index contributed by atoms with van der Waals surface area (Å²) in [4.78, 5) is 3.83. The first-order chi connectivity index (χ1) is 4.75. The number of aliphatic hydroxyl groups excluding tert-OH is 1. The highest BCUT2D eigenvalue weighted by molar-refractivity contribution is 9.10. The monoisotopic (exact) mass is 202 g/mol. The third-order valence-corrected chi connectivity index (χ3v) is 1.82. The van der Waals surface area contributed by atoms with Gasteiger partial charge in [-0.1, -0.05) is 0 Å². The number of nitrogen functional groups attached to an aromatic ring is 1. The van der Waals surface area contributed by atoms with Gasteiger partial charge in [0.2, 0.25) is 0 Å². The number of aliphatic hydroxyl groups is 1. The zero-order valence-electron chi connectivity index (χ0n) is 5.21. The van der Waals surface area contributed by atoms with Crippen molar-refractivity contribution < 1.29 is 5.11 Å². The van der Waals surface area contributed by atoms with Crippen LogP contribution >= 0.6 is 15.9 Å². The van der Waals surface area contributed by atoms with E-state index in [4.69, 9.17) is 10.8 Å². The number of nitrogens with zero attached hydrogens (tertiary/aromatic N) is 1. The Morgan fingerprint density at radius 2 is 2.30 bits per heavy atom. The second-order valence-electron chi connectivity index (χ2n) is 1.85. The number of pyridine rings is 1. The molecule has 1 aromatic heterocycles. The number of hydrogen-bond acceptors (Lipinski definition) is 3. The van der Waals surface area contributed by atoms with E-state index in [0.29, 0.717) is 11.3 Å². The van der Waals surface area contributed by atoms with Gasteiger partial charge in [0.05, 0.1) is 16.8 Å². The van der Waals surface area contributed by atoms with Crippen molar-refractivity contribution in [1.29, 1.82) is 0 Å². The Bertz CT molecular complexity index is 239. The Hall–Kier alpha value is -0.610. The van der Waals surface area contributed by atoms with Gasteiger partial charge in [-0.3, -0.25) is 4.98 Å². The molecule has 0 radical (unpaired) electrons. The average Bonchev–Trinajstić information content (AvgIpc) is 1.95.